The van der Waals surface area contributed by atoms with Crippen LogP contribution < -0.4 is 5.73 Å². The van der Waals surface area contributed by atoms with Gasteiger partial charge in [0.05, 0.1) is 13.2 Å². The van der Waals surface area contributed by atoms with Crippen LogP contribution in [0.5, 0.6) is 0 Å². The second-order valence-corrected chi connectivity index (χ2v) is 14.9. The van der Waals surface area contributed by atoms with E-state index < -0.39 is 32.5 Å². The van der Waals surface area contributed by atoms with Crippen LogP contribution in [0.2, 0.25) is 0 Å². The summed E-state index contributed by atoms with van der Waals surface area (Å²) in [6, 6.07) is 0. The monoisotopic (exact) mass is 766 g/mol. The van der Waals surface area contributed by atoms with Gasteiger partial charge in [-0.1, -0.05) is 139 Å². The summed E-state index contributed by atoms with van der Waals surface area (Å²) in [7, 11) is -4.38. The number of carbonyl (C=O) groups excluding carboxylic acids is 2. The van der Waals surface area contributed by atoms with Crippen LogP contribution in [0, 0.1) is 0 Å². The van der Waals surface area contributed by atoms with Gasteiger partial charge in [0, 0.05) is 19.4 Å². The van der Waals surface area contributed by atoms with Crippen LogP contribution in [0.4, 0.5) is 0 Å². The number of unbranched alkanes of at least 4 members (excludes halogenated alkanes) is 15. The van der Waals surface area contributed by atoms with E-state index in [1.54, 1.807) is 0 Å². The molecule has 2 unspecified atom stereocenters. The topological polar surface area (TPSA) is 134 Å². The Morgan fingerprint density at radius 1 is 0.585 bits per heavy atom. The van der Waals surface area contributed by atoms with E-state index in [1.165, 1.54) is 51.4 Å². The van der Waals surface area contributed by atoms with E-state index in [0.29, 0.717) is 6.42 Å². The molecule has 53 heavy (non-hydrogen) atoms. The lowest BCUT2D eigenvalue weighted by atomic mass is 10.1. The minimum absolute atomic E-state index is 0.0459. The fourth-order valence-electron chi connectivity index (χ4n) is 5.32. The number of esters is 2. The van der Waals surface area contributed by atoms with Gasteiger partial charge in [-0.25, -0.2) is 4.57 Å². The molecule has 10 heteroatoms. The number of allylic oxidation sites excluding steroid dienone is 10. The molecule has 0 spiro atoms. The zero-order valence-electron chi connectivity index (χ0n) is 33.5. The molecule has 0 aromatic heterocycles. The molecule has 0 heterocycles. The molecule has 0 aromatic rings. The van der Waals surface area contributed by atoms with Gasteiger partial charge >= 0.3 is 19.8 Å². The fourth-order valence-corrected chi connectivity index (χ4v) is 6.09. The van der Waals surface area contributed by atoms with Crippen LogP contribution >= 0.6 is 7.82 Å². The van der Waals surface area contributed by atoms with Gasteiger partial charge in [0.25, 0.3) is 0 Å². The molecule has 0 saturated heterocycles. The number of phosphoric ester groups is 1. The fraction of sp³-hybridized carbons (Fsp3) is 0.721. The van der Waals surface area contributed by atoms with Crippen molar-refractivity contribution in [2.45, 2.75) is 174 Å². The maximum absolute atomic E-state index is 12.6. The van der Waals surface area contributed by atoms with Crippen LogP contribution in [0.3, 0.4) is 0 Å². The number of nitrogens with two attached hydrogens (primary N) is 1. The summed E-state index contributed by atoms with van der Waals surface area (Å²) in [5, 5.41) is 0. The van der Waals surface area contributed by atoms with Crippen LogP contribution in [0.15, 0.2) is 60.8 Å². The Hall–Kier alpha value is -2.29. The Bertz CT molecular complexity index is 1050. The average Bonchev–Trinajstić information content (AvgIpc) is 3.14. The molecule has 9 nitrogen and oxygen atoms in total. The predicted octanol–water partition coefficient (Wildman–Crippen LogP) is 11.7. The molecule has 0 rings (SSSR count). The van der Waals surface area contributed by atoms with E-state index in [2.05, 4.69) is 74.6 Å². The van der Waals surface area contributed by atoms with E-state index >= 15 is 0 Å². The molecule has 0 amide bonds. The third-order valence-corrected chi connectivity index (χ3v) is 9.37. The maximum atomic E-state index is 12.6. The summed E-state index contributed by atoms with van der Waals surface area (Å²) in [6.45, 7) is 3.56. The van der Waals surface area contributed by atoms with Crippen molar-refractivity contribution in [3.05, 3.63) is 60.8 Å². The number of hydrogen-bond acceptors (Lipinski definition) is 8. The first-order valence-electron chi connectivity index (χ1n) is 20.8. The highest BCUT2D eigenvalue weighted by Gasteiger charge is 2.25. The third kappa shape index (κ3) is 39.2. The lowest BCUT2D eigenvalue weighted by Crippen LogP contribution is -2.29. The SMILES string of the molecule is CCC=CCC=CCC=CCC=CCCCCCCC(=O)OC(COC(=O)CCCCCCCCCC=CCCCCCC)COP(=O)(O)OCCN. The second-order valence-electron chi connectivity index (χ2n) is 13.5. The Labute approximate surface area is 323 Å². The highest BCUT2D eigenvalue weighted by Crippen LogP contribution is 2.43. The molecule has 0 fully saturated rings. The zero-order valence-corrected chi connectivity index (χ0v) is 34.4. The summed E-state index contributed by atoms with van der Waals surface area (Å²) < 4.78 is 32.7. The summed E-state index contributed by atoms with van der Waals surface area (Å²) in [4.78, 5) is 34.8. The molecule has 0 saturated carbocycles. The molecule has 0 radical (unpaired) electrons. The van der Waals surface area contributed by atoms with Gasteiger partial charge in [0.1, 0.15) is 6.61 Å². The van der Waals surface area contributed by atoms with Gasteiger partial charge in [-0.3, -0.25) is 18.6 Å². The van der Waals surface area contributed by atoms with Gasteiger partial charge in [0.15, 0.2) is 6.10 Å². The van der Waals surface area contributed by atoms with Crippen molar-refractivity contribution in [1.82, 2.24) is 0 Å². The normalized spacial score (nSPS) is 14.0. The standard InChI is InChI=1S/C43H76NO8P/c1-3-5-7-9-11-13-15-17-19-20-22-24-26-28-30-32-34-36-43(46)52-41(40-51-53(47,48)50-38-37-44)39-49-42(45)35-33-31-29-27-25-23-21-18-16-14-12-10-8-6-4-2/h5,7,11,13-14,16-17,19,22,24,41H,3-4,6,8-10,12,15,18,20-21,23,25-40,44H2,1-2H3,(H,47,48). The van der Waals surface area contributed by atoms with Crippen molar-refractivity contribution < 1.29 is 37.6 Å². The molecular weight excluding hydrogens is 689 g/mol. The smallest absolute Gasteiger partial charge is 0.462 e. The molecule has 0 aromatic carbocycles. The quantitative estimate of drug-likeness (QED) is 0.0272. The summed E-state index contributed by atoms with van der Waals surface area (Å²) in [5.74, 6) is -0.866. The number of ether oxygens (including phenoxy) is 2. The van der Waals surface area contributed by atoms with Crippen molar-refractivity contribution in [3.8, 4) is 0 Å². The number of phosphoric acid groups is 1. The van der Waals surface area contributed by atoms with Gasteiger partial charge in [-0.2, -0.15) is 0 Å². The zero-order chi connectivity index (χ0) is 38.9. The van der Waals surface area contributed by atoms with Crippen LogP contribution in [0.25, 0.3) is 0 Å². The van der Waals surface area contributed by atoms with E-state index in [4.69, 9.17) is 24.3 Å². The first-order chi connectivity index (χ1) is 25.8. The third-order valence-electron chi connectivity index (χ3n) is 8.39. The Morgan fingerprint density at radius 2 is 1.04 bits per heavy atom. The molecule has 3 N–H and O–H groups in total. The lowest BCUT2D eigenvalue weighted by Gasteiger charge is -2.19. The second kappa shape index (κ2) is 39.4. The highest BCUT2D eigenvalue weighted by atomic mass is 31.2. The Morgan fingerprint density at radius 3 is 1.57 bits per heavy atom. The Balaban J connectivity index is 4.24. The molecular formula is C43H76NO8P. The molecule has 0 aliphatic rings. The number of rotatable bonds is 38. The first-order valence-corrected chi connectivity index (χ1v) is 22.3. The van der Waals surface area contributed by atoms with Crippen molar-refractivity contribution in [2.24, 2.45) is 5.73 Å². The van der Waals surface area contributed by atoms with Gasteiger partial charge < -0.3 is 20.1 Å². The Kier molecular flexibility index (Phi) is 37.7. The van der Waals surface area contributed by atoms with Gasteiger partial charge in [0.2, 0.25) is 0 Å². The van der Waals surface area contributed by atoms with Crippen molar-refractivity contribution >= 4 is 19.8 Å². The summed E-state index contributed by atoms with van der Waals surface area (Å²) in [6.07, 6.45) is 45.3. The molecule has 0 bridgehead atoms. The number of hydrogen-bond donors (Lipinski definition) is 2. The van der Waals surface area contributed by atoms with E-state index in [9.17, 15) is 19.0 Å². The molecule has 2 atom stereocenters. The minimum Gasteiger partial charge on any atom is -0.462 e. The largest absolute Gasteiger partial charge is 0.472 e. The lowest BCUT2D eigenvalue weighted by molar-refractivity contribution is -0.161. The van der Waals surface area contributed by atoms with E-state index in [-0.39, 0.29) is 32.6 Å². The molecule has 0 aliphatic carbocycles. The van der Waals surface area contributed by atoms with Gasteiger partial charge in [-0.05, 0) is 77.0 Å². The molecule has 306 valence electrons. The van der Waals surface area contributed by atoms with Crippen molar-refractivity contribution in [3.63, 3.8) is 0 Å². The van der Waals surface area contributed by atoms with Crippen LogP contribution in [-0.4, -0.2) is 49.3 Å². The molecule has 0 aliphatic heterocycles. The van der Waals surface area contributed by atoms with Crippen molar-refractivity contribution in [1.29, 1.82) is 0 Å². The average molecular weight is 766 g/mol. The van der Waals surface area contributed by atoms with E-state index in [1.807, 2.05) is 0 Å². The van der Waals surface area contributed by atoms with E-state index in [0.717, 1.165) is 83.5 Å². The number of carbonyl (C=O) groups is 2. The van der Waals surface area contributed by atoms with Gasteiger partial charge in [-0.15, -0.1) is 0 Å². The van der Waals surface area contributed by atoms with Crippen LogP contribution in [0.1, 0.15) is 168 Å². The van der Waals surface area contributed by atoms with Crippen LogP contribution in [-0.2, 0) is 32.7 Å². The van der Waals surface area contributed by atoms with Crippen molar-refractivity contribution in [2.75, 3.05) is 26.4 Å². The maximum Gasteiger partial charge on any atom is 0.472 e. The predicted molar refractivity (Wildman–Crippen MR) is 219 cm³/mol. The highest BCUT2D eigenvalue weighted by molar-refractivity contribution is 7.47. The summed E-state index contributed by atoms with van der Waals surface area (Å²) in [5.41, 5.74) is 5.34. The summed E-state index contributed by atoms with van der Waals surface area (Å²) >= 11 is 0. The first kappa shape index (κ1) is 50.7. The minimum atomic E-state index is -4.38.